The van der Waals surface area contributed by atoms with Crippen LogP contribution in [0.15, 0.2) is 18.2 Å². The number of rotatable bonds is 5. The van der Waals surface area contributed by atoms with Crippen molar-refractivity contribution in [1.82, 2.24) is 19.4 Å². The molecule has 1 amide bonds. The number of carbonyl (C=O) groups excluding carboxylic acids is 2. The van der Waals surface area contributed by atoms with Crippen molar-refractivity contribution in [3.8, 4) is 11.4 Å². The molecule has 6 nitrogen and oxygen atoms in total. The Morgan fingerprint density at radius 3 is 2.50 bits per heavy atom. The van der Waals surface area contributed by atoms with Crippen LogP contribution in [0.25, 0.3) is 11.4 Å². The molecule has 1 aromatic heterocycles. The van der Waals surface area contributed by atoms with Gasteiger partial charge in [0.2, 0.25) is 5.91 Å². The monoisotopic (exact) mass is 446 g/mol. The third-order valence-electron chi connectivity index (χ3n) is 6.02. The second-order valence-corrected chi connectivity index (χ2v) is 9.88. The third-order valence-corrected chi connectivity index (χ3v) is 6.02. The van der Waals surface area contributed by atoms with Crippen molar-refractivity contribution in [2.45, 2.75) is 46.7 Å². The van der Waals surface area contributed by atoms with E-state index < -0.39 is 23.0 Å². The number of halogens is 2. The van der Waals surface area contributed by atoms with Crippen LogP contribution in [0.2, 0.25) is 0 Å². The van der Waals surface area contributed by atoms with Crippen molar-refractivity contribution in [2.75, 3.05) is 27.7 Å². The molecule has 0 unspecified atom stereocenters. The first-order valence-corrected chi connectivity index (χ1v) is 10.9. The summed E-state index contributed by atoms with van der Waals surface area (Å²) in [4.78, 5) is 34.4. The smallest absolute Gasteiger partial charge is 0.226 e. The van der Waals surface area contributed by atoms with Crippen molar-refractivity contribution >= 4 is 11.7 Å². The number of amides is 1. The van der Waals surface area contributed by atoms with E-state index in [1.165, 1.54) is 4.90 Å². The van der Waals surface area contributed by atoms with Crippen LogP contribution >= 0.6 is 0 Å². The summed E-state index contributed by atoms with van der Waals surface area (Å²) in [5.74, 6) is -1.82. The Bertz CT molecular complexity index is 1020. The standard InChI is InChI=1S/C24H32F2N4O2/c1-24(2,3)17(23(32)28(4)5)13-20(31)21-19-14-29(6)10-7-11-30(19)22(27-21)16-12-15(25)8-9-18(16)26/h8-9,12,17H,7,10-11,13-14H2,1-6H3/t17-/m1/s1. The summed E-state index contributed by atoms with van der Waals surface area (Å²) in [7, 11) is 5.30. The summed E-state index contributed by atoms with van der Waals surface area (Å²) in [6, 6.07) is 3.25. The summed E-state index contributed by atoms with van der Waals surface area (Å²) < 4.78 is 30.4. The van der Waals surface area contributed by atoms with Crippen LogP contribution in [0, 0.1) is 23.0 Å². The molecule has 1 atom stereocenters. The Morgan fingerprint density at radius 1 is 1.19 bits per heavy atom. The molecule has 0 saturated heterocycles. The predicted octanol–water partition coefficient (Wildman–Crippen LogP) is 3.99. The molecule has 0 fully saturated rings. The fourth-order valence-electron chi connectivity index (χ4n) is 4.18. The number of hydrogen-bond donors (Lipinski definition) is 0. The summed E-state index contributed by atoms with van der Waals surface area (Å²) in [6.07, 6.45) is 0.792. The highest BCUT2D eigenvalue weighted by Crippen LogP contribution is 2.34. The van der Waals surface area contributed by atoms with Gasteiger partial charge in [-0.2, -0.15) is 0 Å². The fourth-order valence-corrected chi connectivity index (χ4v) is 4.18. The number of ketones is 1. The lowest BCUT2D eigenvalue weighted by molar-refractivity contribution is -0.136. The van der Waals surface area contributed by atoms with E-state index in [2.05, 4.69) is 9.88 Å². The molecule has 0 radical (unpaired) electrons. The average molecular weight is 447 g/mol. The van der Waals surface area contributed by atoms with E-state index in [1.54, 1.807) is 14.1 Å². The highest BCUT2D eigenvalue weighted by atomic mass is 19.1. The zero-order chi connectivity index (χ0) is 23.8. The van der Waals surface area contributed by atoms with Crippen molar-refractivity contribution in [1.29, 1.82) is 0 Å². The molecule has 3 rings (SSSR count). The van der Waals surface area contributed by atoms with Gasteiger partial charge in [0.25, 0.3) is 0 Å². The number of imidazole rings is 1. The largest absolute Gasteiger partial charge is 0.349 e. The molecule has 174 valence electrons. The zero-order valence-corrected chi connectivity index (χ0v) is 19.7. The zero-order valence-electron chi connectivity index (χ0n) is 19.7. The van der Waals surface area contributed by atoms with Gasteiger partial charge in [-0.25, -0.2) is 13.8 Å². The van der Waals surface area contributed by atoms with Gasteiger partial charge >= 0.3 is 0 Å². The topological polar surface area (TPSA) is 58.4 Å². The Balaban J connectivity index is 2.10. The maximum Gasteiger partial charge on any atom is 0.226 e. The van der Waals surface area contributed by atoms with Crippen LogP contribution < -0.4 is 0 Å². The molecule has 0 spiro atoms. The van der Waals surface area contributed by atoms with Crippen LogP contribution in [-0.2, 0) is 17.9 Å². The molecule has 8 heteroatoms. The van der Waals surface area contributed by atoms with Crippen LogP contribution in [-0.4, -0.2) is 58.7 Å². The van der Waals surface area contributed by atoms with Crippen molar-refractivity contribution in [2.24, 2.45) is 11.3 Å². The van der Waals surface area contributed by atoms with Gasteiger partial charge in [-0.05, 0) is 43.6 Å². The van der Waals surface area contributed by atoms with E-state index in [4.69, 9.17) is 0 Å². The van der Waals surface area contributed by atoms with Gasteiger partial charge < -0.3 is 14.4 Å². The molecular weight excluding hydrogens is 414 g/mol. The van der Waals surface area contributed by atoms with Crippen LogP contribution in [0.5, 0.6) is 0 Å². The maximum atomic E-state index is 14.6. The van der Waals surface area contributed by atoms with Crippen LogP contribution in [0.1, 0.15) is 49.8 Å². The molecule has 1 aromatic carbocycles. The predicted molar refractivity (Wildman–Crippen MR) is 119 cm³/mol. The van der Waals surface area contributed by atoms with Gasteiger partial charge in [0, 0.05) is 33.6 Å². The lowest BCUT2D eigenvalue weighted by Crippen LogP contribution is -2.38. The molecule has 0 aliphatic carbocycles. The van der Waals surface area contributed by atoms with Gasteiger partial charge in [-0.15, -0.1) is 0 Å². The van der Waals surface area contributed by atoms with E-state index in [9.17, 15) is 18.4 Å². The minimum atomic E-state index is -0.592. The van der Waals surface area contributed by atoms with E-state index in [0.717, 1.165) is 31.2 Å². The highest BCUT2D eigenvalue weighted by Gasteiger charge is 2.36. The number of nitrogens with zero attached hydrogens (tertiary/aromatic N) is 4. The van der Waals surface area contributed by atoms with Crippen LogP contribution in [0.4, 0.5) is 8.78 Å². The summed E-state index contributed by atoms with van der Waals surface area (Å²) in [6.45, 7) is 7.62. The first kappa shape index (κ1) is 24.0. The SMILES string of the molecule is CN1CCCn2c(-c3cc(F)ccc3F)nc(C(=O)C[C@H](C(=O)N(C)C)C(C)(C)C)c2C1. The highest BCUT2D eigenvalue weighted by molar-refractivity contribution is 5.98. The fraction of sp³-hybridized carbons (Fsp3) is 0.542. The number of Topliss-reactive ketones (excluding diaryl/α,β-unsaturated/α-hetero) is 1. The number of benzene rings is 1. The Labute approximate surface area is 188 Å². The van der Waals surface area contributed by atoms with E-state index in [-0.39, 0.29) is 35.2 Å². The molecule has 2 heterocycles. The normalized spacial score (nSPS) is 15.8. The van der Waals surface area contributed by atoms with E-state index >= 15 is 0 Å². The summed E-state index contributed by atoms with van der Waals surface area (Å²) >= 11 is 0. The molecule has 2 aromatic rings. The second-order valence-electron chi connectivity index (χ2n) is 9.88. The molecule has 32 heavy (non-hydrogen) atoms. The lowest BCUT2D eigenvalue weighted by Gasteiger charge is -2.31. The second kappa shape index (κ2) is 9.10. The van der Waals surface area contributed by atoms with E-state index in [1.807, 2.05) is 32.4 Å². The maximum absolute atomic E-state index is 14.6. The first-order chi connectivity index (χ1) is 14.9. The van der Waals surface area contributed by atoms with Gasteiger partial charge in [0.15, 0.2) is 5.78 Å². The van der Waals surface area contributed by atoms with Crippen molar-refractivity contribution in [3.63, 3.8) is 0 Å². The van der Waals surface area contributed by atoms with E-state index in [0.29, 0.717) is 18.8 Å². The Kier molecular flexibility index (Phi) is 6.83. The van der Waals surface area contributed by atoms with Crippen LogP contribution in [0.3, 0.4) is 0 Å². The number of fused-ring (bicyclic) bond motifs is 1. The molecule has 0 N–H and O–H groups in total. The minimum absolute atomic E-state index is 0.000681. The van der Waals surface area contributed by atoms with Crippen molar-refractivity contribution < 1.29 is 18.4 Å². The first-order valence-electron chi connectivity index (χ1n) is 10.9. The lowest BCUT2D eigenvalue weighted by atomic mass is 9.76. The number of hydrogen-bond acceptors (Lipinski definition) is 4. The van der Waals surface area contributed by atoms with Gasteiger partial charge in [-0.1, -0.05) is 20.8 Å². The minimum Gasteiger partial charge on any atom is -0.349 e. The van der Waals surface area contributed by atoms with Crippen molar-refractivity contribution in [3.05, 3.63) is 41.2 Å². The Hall–Kier alpha value is -2.61. The van der Waals surface area contributed by atoms with Gasteiger partial charge in [0.05, 0.1) is 17.2 Å². The van der Waals surface area contributed by atoms with Gasteiger partial charge in [0.1, 0.15) is 23.2 Å². The quantitative estimate of drug-likeness (QED) is 0.652. The summed E-state index contributed by atoms with van der Waals surface area (Å²) in [5.41, 5.74) is 0.519. The molecule has 1 aliphatic heterocycles. The van der Waals surface area contributed by atoms with Gasteiger partial charge in [-0.3, -0.25) is 9.59 Å². The number of carbonyl (C=O) groups is 2. The molecular formula is C24H32F2N4O2. The number of aromatic nitrogens is 2. The average Bonchev–Trinajstić information content (AvgIpc) is 2.92. The molecule has 1 aliphatic rings. The molecule has 0 bridgehead atoms. The molecule has 0 saturated carbocycles. The third kappa shape index (κ3) is 4.90. The Morgan fingerprint density at radius 2 is 1.88 bits per heavy atom. The summed E-state index contributed by atoms with van der Waals surface area (Å²) in [5, 5.41) is 0.